The Kier molecular flexibility index (Phi) is 3.77. The Balaban J connectivity index is 2.56. The smallest absolute Gasteiger partial charge is 0.0474 e. The van der Waals surface area contributed by atoms with Crippen molar-refractivity contribution in [3.05, 3.63) is 58.1 Å². The van der Waals surface area contributed by atoms with Crippen molar-refractivity contribution in [2.45, 2.75) is 33.6 Å². The third-order valence-corrected chi connectivity index (χ3v) is 4.21. The summed E-state index contributed by atoms with van der Waals surface area (Å²) < 4.78 is 0. The lowest BCUT2D eigenvalue weighted by atomic mass is 9.91. The summed E-state index contributed by atoms with van der Waals surface area (Å²) in [6.07, 6.45) is 0. The minimum Gasteiger partial charge on any atom is -0.122 e. The van der Waals surface area contributed by atoms with Gasteiger partial charge in [-0.3, -0.25) is 0 Å². The number of rotatable bonds is 2. The standard InChI is InChI=1S/C17H19Cl/c1-11-9-17(14(4)13(3)12(11)2)16-7-5-15(10-18)6-8-16/h5-9H,10H2,1-4H3. The summed E-state index contributed by atoms with van der Waals surface area (Å²) in [6.45, 7) is 8.78. The normalized spacial score (nSPS) is 10.7. The molecule has 0 N–H and O–H groups in total. The van der Waals surface area contributed by atoms with Gasteiger partial charge in [0.25, 0.3) is 0 Å². The summed E-state index contributed by atoms with van der Waals surface area (Å²) in [7, 11) is 0. The first kappa shape index (κ1) is 13.2. The molecule has 0 spiro atoms. The molecule has 0 saturated carbocycles. The lowest BCUT2D eigenvalue weighted by Crippen LogP contribution is -1.94. The van der Waals surface area contributed by atoms with Crippen molar-refractivity contribution in [1.82, 2.24) is 0 Å². The first-order valence-corrected chi connectivity index (χ1v) is 6.80. The molecule has 0 aliphatic heterocycles. The van der Waals surface area contributed by atoms with Gasteiger partial charge in [-0.05, 0) is 66.6 Å². The molecule has 0 heterocycles. The monoisotopic (exact) mass is 258 g/mol. The number of hydrogen-bond acceptors (Lipinski definition) is 0. The fourth-order valence-corrected chi connectivity index (χ4v) is 2.46. The lowest BCUT2D eigenvalue weighted by molar-refractivity contribution is 1.22. The molecule has 0 fully saturated rings. The molecule has 0 aromatic heterocycles. The van der Waals surface area contributed by atoms with E-state index in [2.05, 4.69) is 58.0 Å². The third kappa shape index (κ3) is 2.30. The van der Waals surface area contributed by atoms with Gasteiger partial charge in [0, 0.05) is 5.88 Å². The van der Waals surface area contributed by atoms with E-state index in [1.165, 1.54) is 38.9 Å². The summed E-state index contributed by atoms with van der Waals surface area (Å²) in [6, 6.07) is 10.8. The molecule has 0 amide bonds. The molecule has 0 unspecified atom stereocenters. The molecule has 18 heavy (non-hydrogen) atoms. The van der Waals surface area contributed by atoms with Crippen LogP contribution in [0.5, 0.6) is 0 Å². The summed E-state index contributed by atoms with van der Waals surface area (Å²) >= 11 is 5.83. The Morgan fingerprint density at radius 1 is 0.833 bits per heavy atom. The van der Waals surface area contributed by atoms with Crippen molar-refractivity contribution in [3.63, 3.8) is 0 Å². The summed E-state index contributed by atoms with van der Waals surface area (Å²) in [5.41, 5.74) is 9.29. The molecule has 0 radical (unpaired) electrons. The van der Waals surface area contributed by atoms with E-state index in [1.807, 2.05) is 0 Å². The van der Waals surface area contributed by atoms with Crippen molar-refractivity contribution in [2.75, 3.05) is 0 Å². The summed E-state index contributed by atoms with van der Waals surface area (Å²) in [4.78, 5) is 0. The zero-order valence-corrected chi connectivity index (χ0v) is 12.2. The van der Waals surface area contributed by atoms with Crippen LogP contribution in [0.15, 0.2) is 30.3 Å². The number of halogens is 1. The van der Waals surface area contributed by atoms with E-state index in [0.717, 1.165) is 0 Å². The van der Waals surface area contributed by atoms with Crippen molar-refractivity contribution >= 4 is 11.6 Å². The Bertz CT molecular complexity index is 565. The lowest BCUT2D eigenvalue weighted by Gasteiger charge is -2.14. The second kappa shape index (κ2) is 5.16. The van der Waals surface area contributed by atoms with Gasteiger partial charge in [0.15, 0.2) is 0 Å². The zero-order valence-electron chi connectivity index (χ0n) is 11.5. The molecule has 94 valence electrons. The predicted octanol–water partition coefficient (Wildman–Crippen LogP) is 5.33. The largest absolute Gasteiger partial charge is 0.122 e. The Morgan fingerprint density at radius 2 is 1.44 bits per heavy atom. The van der Waals surface area contributed by atoms with Gasteiger partial charge in [0.1, 0.15) is 0 Å². The van der Waals surface area contributed by atoms with Crippen LogP contribution in [-0.4, -0.2) is 0 Å². The number of benzene rings is 2. The highest BCUT2D eigenvalue weighted by molar-refractivity contribution is 6.17. The molecular formula is C17H19Cl. The average molecular weight is 259 g/mol. The van der Waals surface area contributed by atoms with Crippen LogP contribution in [0.25, 0.3) is 11.1 Å². The topological polar surface area (TPSA) is 0 Å². The number of aryl methyl sites for hydroxylation is 1. The van der Waals surface area contributed by atoms with Gasteiger partial charge in [0.2, 0.25) is 0 Å². The molecular weight excluding hydrogens is 240 g/mol. The van der Waals surface area contributed by atoms with Gasteiger partial charge in [-0.2, -0.15) is 0 Å². The van der Waals surface area contributed by atoms with Gasteiger partial charge in [-0.25, -0.2) is 0 Å². The number of hydrogen-bond donors (Lipinski definition) is 0. The maximum Gasteiger partial charge on any atom is 0.0474 e. The Hall–Kier alpha value is -1.27. The highest BCUT2D eigenvalue weighted by Crippen LogP contribution is 2.29. The fraction of sp³-hybridized carbons (Fsp3) is 0.294. The average Bonchev–Trinajstić information content (AvgIpc) is 2.41. The van der Waals surface area contributed by atoms with Gasteiger partial charge < -0.3 is 0 Å². The minimum atomic E-state index is 0.575. The highest BCUT2D eigenvalue weighted by Gasteiger charge is 2.08. The Morgan fingerprint density at radius 3 is 2.00 bits per heavy atom. The Labute approximate surface area is 115 Å². The molecule has 2 aromatic carbocycles. The van der Waals surface area contributed by atoms with Gasteiger partial charge in [0.05, 0.1) is 0 Å². The van der Waals surface area contributed by atoms with E-state index in [9.17, 15) is 0 Å². The molecule has 0 bridgehead atoms. The van der Waals surface area contributed by atoms with Crippen molar-refractivity contribution in [1.29, 1.82) is 0 Å². The van der Waals surface area contributed by atoms with Crippen LogP contribution in [0.1, 0.15) is 27.8 Å². The molecule has 2 rings (SSSR count). The first-order valence-electron chi connectivity index (χ1n) is 6.27. The van der Waals surface area contributed by atoms with Gasteiger partial charge >= 0.3 is 0 Å². The van der Waals surface area contributed by atoms with Crippen molar-refractivity contribution < 1.29 is 0 Å². The van der Waals surface area contributed by atoms with Crippen molar-refractivity contribution in [3.8, 4) is 11.1 Å². The van der Waals surface area contributed by atoms with Gasteiger partial charge in [-0.1, -0.05) is 30.3 Å². The van der Waals surface area contributed by atoms with Crippen LogP contribution in [0.2, 0.25) is 0 Å². The second-order valence-corrected chi connectivity index (χ2v) is 5.21. The molecule has 0 saturated heterocycles. The molecule has 2 aromatic rings. The van der Waals surface area contributed by atoms with Crippen LogP contribution in [0, 0.1) is 27.7 Å². The molecule has 1 heteroatoms. The van der Waals surface area contributed by atoms with Crippen LogP contribution in [0.4, 0.5) is 0 Å². The number of alkyl halides is 1. The maximum absolute atomic E-state index is 5.83. The first-order chi connectivity index (χ1) is 8.54. The molecule has 0 aliphatic rings. The van der Waals surface area contributed by atoms with E-state index in [0.29, 0.717) is 5.88 Å². The van der Waals surface area contributed by atoms with E-state index >= 15 is 0 Å². The van der Waals surface area contributed by atoms with Crippen molar-refractivity contribution in [2.24, 2.45) is 0 Å². The minimum absolute atomic E-state index is 0.575. The van der Waals surface area contributed by atoms with Crippen LogP contribution in [-0.2, 0) is 5.88 Å². The van der Waals surface area contributed by atoms with E-state index < -0.39 is 0 Å². The quantitative estimate of drug-likeness (QED) is 0.639. The van der Waals surface area contributed by atoms with E-state index in [-0.39, 0.29) is 0 Å². The van der Waals surface area contributed by atoms with Gasteiger partial charge in [-0.15, -0.1) is 11.6 Å². The SMILES string of the molecule is Cc1cc(-c2ccc(CCl)cc2)c(C)c(C)c1C. The van der Waals surface area contributed by atoms with E-state index in [4.69, 9.17) is 11.6 Å². The highest BCUT2D eigenvalue weighted by atomic mass is 35.5. The predicted molar refractivity (Wildman–Crippen MR) is 80.4 cm³/mol. The third-order valence-electron chi connectivity index (χ3n) is 3.90. The zero-order chi connectivity index (χ0) is 13.3. The van der Waals surface area contributed by atoms with Crippen LogP contribution in [0.3, 0.4) is 0 Å². The molecule has 0 atom stereocenters. The van der Waals surface area contributed by atoms with E-state index in [1.54, 1.807) is 0 Å². The second-order valence-electron chi connectivity index (χ2n) is 4.95. The van der Waals surface area contributed by atoms with Crippen LogP contribution < -0.4 is 0 Å². The summed E-state index contributed by atoms with van der Waals surface area (Å²) in [5.74, 6) is 0.575. The molecule has 0 nitrogen and oxygen atoms in total. The van der Waals surface area contributed by atoms with Crippen LogP contribution >= 0.6 is 11.6 Å². The molecule has 0 aliphatic carbocycles. The fourth-order valence-electron chi connectivity index (χ4n) is 2.29. The maximum atomic E-state index is 5.83. The summed E-state index contributed by atoms with van der Waals surface area (Å²) in [5, 5.41) is 0.